The smallest absolute Gasteiger partial charge is 0.281 e. The van der Waals surface area contributed by atoms with E-state index in [0.29, 0.717) is 17.9 Å². The predicted octanol–water partition coefficient (Wildman–Crippen LogP) is 1.22. The minimum absolute atomic E-state index is 0.0268. The number of ether oxygens (including phenoxy) is 1. The molecular formula is C14H21N5O2. The molecule has 2 aromatic heterocycles. The molecule has 0 unspecified atom stereocenters. The highest BCUT2D eigenvalue weighted by Crippen LogP contribution is 2.20. The van der Waals surface area contributed by atoms with Gasteiger partial charge >= 0.3 is 0 Å². The Morgan fingerprint density at radius 3 is 2.95 bits per heavy atom. The van der Waals surface area contributed by atoms with E-state index in [1.54, 1.807) is 22.4 Å². The Kier molecular flexibility index (Phi) is 3.67. The normalized spacial score (nSPS) is 15.7. The molecule has 0 N–H and O–H groups in total. The average Bonchev–Trinajstić information content (AvgIpc) is 3.09. The van der Waals surface area contributed by atoms with Gasteiger partial charge in [-0.05, 0) is 13.3 Å². The molecule has 114 valence electrons. The maximum atomic E-state index is 12.6. The molecular weight excluding hydrogens is 270 g/mol. The van der Waals surface area contributed by atoms with Gasteiger partial charge in [-0.3, -0.25) is 9.36 Å². The van der Waals surface area contributed by atoms with Crippen LogP contribution in [-0.4, -0.2) is 39.4 Å². The number of methoxy groups -OCH3 is 1. The Bertz CT molecular complexity index is 705. The van der Waals surface area contributed by atoms with Gasteiger partial charge < -0.3 is 9.64 Å². The van der Waals surface area contributed by atoms with Gasteiger partial charge in [0, 0.05) is 26.7 Å². The molecule has 0 saturated carbocycles. The monoisotopic (exact) mass is 291 g/mol. The van der Waals surface area contributed by atoms with Gasteiger partial charge in [0.1, 0.15) is 6.10 Å². The van der Waals surface area contributed by atoms with Crippen LogP contribution in [0.15, 0.2) is 11.0 Å². The second-order valence-electron chi connectivity index (χ2n) is 5.39. The largest absolute Gasteiger partial charge is 0.374 e. The first-order valence-electron chi connectivity index (χ1n) is 7.43. The van der Waals surface area contributed by atoms with E-state index >= 15 is 0 Å². The Labute approximate surface area is 123 Å². The van der Waals surface area contributed by atoms with Crippen LogP contribution < -0.4 is 10.5 Å². The fourth-order valence-corrected chi connectivity index (χ4v) is 2.68. The van der Waals surface area contributed by atoms with Crippen molar-refractivity contribution in [2.45, 2.75) is 39.3 Å². The quantitative estimate of drug-likeness (QED) is 0.828. The molecule has 0 spiro atoms. The highest BCUT2D eigenvalue weighted by atomic mass is 16.5. The number of hydrogen-bond acceptors (Lipinski definition) is 5. The van der Waals surface area contributed by atoms with E-state index in [0.717, 1.165) is 31.9 Å². The minimum atomic E-state index is -0.201. The fourth-order valence-electron chi connectivity index (χ4n) is 2.68. The summed E-state index contributed by atoms with van der Waals surface area (Å²) in [6.45, 7) is 6.53. The molecule has 0 amide bonds. The molecule has 7 heteroatoms. The summed E-state index contributed by atoms with van der Waals surface area (Å²) >= 11 is 0. The van der Waals surface area contributed by atoms with Gasteiger partial charge in [0.05, 0.1) is 6.20 Å². The van der Waals surface area contributed by atoms with Gasteiger partial charge in [0.15, 0.2) is 11.3 Å². The van der Waals surface area contributed by atoms with Gasteiger partial charge in [-0.1, -0.05) is 13.3 Å². The molecule has 0 fully saturated rings. The molecule has 7 nitrogen and oxygen atoms in total. The molecule has 21 heavy (non-hydrogen) atoms. The second-order valence-corrected chi connectivity index (χ2v) is 5.39. The van der Waals surface area contributed by atoms with E-state index in [1.807, 2.05) is 6.92 Å². The maximum absolute atomic E-state index is 12.6. The number of hydrogen-bond donors (Lipinski definition) is 0. The number of unbranched alkanes of at least 4 members (excludes halogenated alkanes) is 1. The van der Waals surface area contributed by atoms with Crippen LogP contribution in [0.25, 0.3) is 5.52 Å². The van der Waals surface area contributed by atoms with Gasteiger partial charge in [0.2, 0.25) is 5.95 Å². The molecule has 0 radical (unpaired) electrons. The van der Waals surface area contributed by atoms with E-state index in [-0.39, 0.29) is 11.7 Å². The second kappa shape index (κ2) is 5.48. The first kappa shape index (κ1) is 14.1. The molecule has 3 heterocycles. The number of fused-ring (bicyclic) bond motifs is 2. The van der Waals surface area contributed by atoms with Crippen LogP contribution in [0.5, 0.6) is 0 Å². The molecule has 1 atom stereocenters. The molecule has 2 aromatic rings. The summed E-state index contributed by atoms with van der Waals surface area (Å²) in [5, 5.41) is 4.64. The zero-order chi connectivity index (χ0) is 15.0. The Hall–Kier alpha value is -1.89. The van der Waals surface area contributed by atoms with Crippen molar-refractivity contribution in [3.8, 4) is 0 Å². The van der Waals surface area contributed by atoms with E-state index in [4.69, 9.17) is 4.74 Å². The van der Waals surface area contributed by atoms with Gasteiger partial charge in [-0.2, -0.15) is 0 Å². The Morgan fingerprint density at radius 1 is 1.43 bits per heavy atom. The summed E-state index contributed by atoms with van der Waals surface area (Å²) in [6.07, 6.45) is 3.61. The Balaban J connectivity index is 2.11. The highest BCUT2D eigenvalue weighted by Gasteiger charge is 2.25. The zero-order valence-electron chi connectivity index (χ0n) is 12.7. The SMILES string of the molecule is CCCCN1CCn2c1nn1c([C@H](C)OC)ncc1c2=O. The first-order valence-corrected chi connectivity index (χ1v) is 7.43. The van der Waals surface area contributed by atoms with Crippen molar-refractivity contribution < 1.29 is 4.74 Å². The highest BCUT2D eigenvalue weighted by molar-refractivity contribution is 5.47. The van der Waals surface area contributed by atoms with Crippen molar-refractivity contribution in [1.29, 1.82) is 0 Å². The lowest BCUT2D eigenvalue weighted by atomic mass is 10.3. The molecule has 0 saturated heterocycles. The van der Waals surface area contributed by atoms with Gasteiger partial charge in [-0.15, -0.1) is 5.10 Å². The van der Waals surface area contributed by atoms with Crippen LogP contribution in [0.4, 0.5) is 5.95 Å². The molecule has 0 aliphatic carbocycles. The standard InChI is InChI=1S/C14H21N5O2/c1-4-5-6-17-7-8-18-13(20)11-9-15-12(10(2)21-3)19(11)16-14(17)18/h9-10H,4-8H2,1-3H3/t10-/m0/s1. The van der Waals surface area contributed by atoms with Crippen molar-refractivity contribution in [2.24, 2.45) is 0 Å². The number of aromatic nitrogens is 4. The predicted molar refractivity (Wildman–Crippen MR) is 79.8 cm³/mol. The van der Waals surface area contributed by atoms with Crippen LogP contribution >= 0.6 is 0 Å². The average molecular weight is 291 g/mol. The minimum Gasteiger partial charge on any atom is -0.374 e. The summed E-state index contributed by atoms with van der Waals surface area (Å²) in [7, 11) is 1.62. The van der Waals surface area contributed by atoms with E-state index in [2.05, 4.69) is 21.9 Å². The van der Waals surface area contributed by atoms with Crippen LogP contribution in [0.1, 0.15) is 38.6 Å². The van der Waals surface area contributed by atoms with E-state index in [9.17, 15) is 4.79 Å². The number of rotatable bonds is 5. The lowest BCUT2D eigenvalue weighted by Crippen LogP contribution is -2.26. The van der Waals surface area contributed by atoms with Crippen LogP contribution in [-0.2, 0) is 11.3 Å². The maximum Gasteiger partial charge on any atom is 0.281 e. The topological polar surface area (TPSA) is 64.7 Å². The van der Waals surface area contributed by atoms with Crippen molar-refractivity contribution >= 4 is 11.5 Å². The van der Waals surface area contributed by atoms with Gasteiger partial charge in [-0.25, -0.2) is 9.50 Å². The zero-order valence-corrected chi connectivity index (χ0v) is 12.7. The van der Waals surface area contributed by atoms with Crippen molar-refractivity contribution in [3.63, 3.8) is 0 Å². The van der Waals surface area contributed by atoms with Crippen LogP contribution in [0.2, 0.25) is 0 Å². The van der Waals surface area contributed by atoms with E-state index < -0.39 is 0 Å². The van der Waals surface area contributed by atoms with Crippen molar-refractivity contribution in [3.05, 3.63) is 22.4 Å². The van der Waals surface area contributed by atoms with Crippen molar-refractivity contribution in [1.82, 2.24) is 19.2 Å². The lowest BCUT2D eigenvalue weighted by molar-refractivity contribution is 0.110. The summed E-state index contributed by atoms with van der Waals surface area (Å²) in [4.78, 5) is 19.0. The summed E-state index contributed by atoms with van der Waals surface area (Å²) < 4.78 is 8.68. The van der Waals surface area contributed by atoms with Crippen LogP contribution in [0, 0.1) is 0 Å². The fraction of sp³-hybridized carbons (Fsp3) is 0.643. The summed E-state index contributed by atoms with van der Waals surface area (Å²) in [6, 6.07) is 0. The van der Waals surface area contributed by atoms with E-state index in [1.165, 1.54) is 0 Å². The van der Waals surface area contributed by atoms with Crippen molar-refractivity contribution in [2.75, 3.05) is 25.1 Å². The molecule has 1 aliphatic rings. The molecule has 1 aliphatic heterocycles. The third-order valence-electron chi connectivity index (χ3n) is 4.03. The first-order chi connectivity index (χ1) is 10.2. The Morgan fingerprint density at radius 2 is 2.24 bits per heavy atom. The summed E-state index contributed by atoms with van der Waals surface area (Å²) in [5.74, 6) is 1.40. The number of nitrogens with zero attached hydrogens (tertiary/aromatic N) is 5. The number of imidazole rings is 1. The third-order valence-corrected chi connectivity index (χ3v) is 4.03. The molecule has 0 bridgehead atoms. The summed E-state index contributed by atoms with van der Waals surface area (Å²) in [5.41, 5.74) is 0.482. The third kappa shape index (κ3) is 2.21. The number of anilines is 1. The lowest BCUT2D eigenvalue weighted by Gasteiger charge is -2.17. The van der Waals surface area contributed by atoms with Crippen LogP contribution in [0.3, 0.4) is 0 Å². The molecule has 3 rings (SSSR count). The van der Waals surface area contributed by atoms with Gasteiger partial charge in [0.25, 0.3) is 5.56 Å². The molecule has 0 aromatic carbocycles.